The maximum Gasteiger partial charge on any atom is 0.416 e. The van der Waals surface area contributed by atoms with E-state index in [9.17, 15) is 18.0 Å². The molecule has 1 fully saturated rings. The van der Waals surface area contributed by atoms with Crippen LogP contribution in [0.2, 0.25) is 0 Å². The van der Waals surface area contributed by atoms with Crippen LogP contribution in [0, 0.1) is 0 Å². The number of halogens is 3. The summed E-state index contributed by atoms with van der Waals surface area (Å²) < 4.78 is 45.3. The van der Waals surface area contributed by atoms with Crippen LogP contribution in [0.4, 0.5) is 18.0 Å². The van der Waals surface area contributed by atoms with Gasteiger partial charge in [0, 0.05) is 26.3 Å². The van der Waals surface area contributed by atoms with Crippen molar-refractivity contribution in [3.8, 4) is 0 Å². The smallest absolute Gasteiger partial charge is 0.416 e. The average Bonchev–Trinajstić information content (AvgIpc) is 2.89. The van der Waals surface area contributed by atoms with Crippen molar-refractivity contribution in [2.75, 3.05) is 13.2 Å². The third-order valence-corrected chi connectivity index (χ3v) is 4.33. The monoisotopic (exact) mass is 315 g/mol. The number of fused-ring (bicyclic) bond motifs is 1. The topological polar surface area (TPSA) is 49.8 Å². The average molecular weight is 315 g/mol. The summed E-state index contributed by atoms with van der Waals surface area (Å²) in [7, 11) is 0. The zero-order valence-electron chi connectivity index (χ0n) is 11.8. The Morgan fingerprint density at radius 2 is 1.77 bits per heavy atom. The second-order valence-corrected chi connectivity index (χ2v) is 5.73. The quantitative estimate of drug-likeness (QED) is 0.861. The summed E-state index contributed by atoms with van der Waals surface area (Å²) in [6.07, 6.45) is -4.42. The molecular weight excluding hydrogens is 299 g/mol. The number of rotatable bonds is 1. The number of carboxylic acid groups (broad SMARTS) is 1. The molecule has 2 aliphatic rings. The number of amides is 1. The van der Waals surface area contributed by atoms with Crippen molar-refractivity contribution in [3.63, 3.8) is 0 Å². The molecule has 1 amide bonds. The van der Waals surface area contributed by atoms with Gasteiger partial charge in [-0.15, -0.1) is 0 Å². The highest BCUT2D eigenvalue weighted by molar-refractivity contribution is 5.66. The number of alkyl halides is 3. The van der Waals surface area contributed by atoms with Gasteiger partial charge in [-0.25, -0.2) is 4.79 Å². The van der Waals surface area contributed by atoms with Crippen LogP contribution in [-0.4, -0.2) is 29.3 Å². The van der Waals surface area contributed by atoms with Gasteiger partial charge < -0.3 is 9.84 Å². The molecule has 0 aliphatic carbocycles. The molecule has 0 saturated carbocycles. The molecule has 0 radical (unpaired) electrons. The van der Waals surface area contributed by atoms with E-state index in [4.69, 9.17) is 9.84 Å². The highest BCUT2D eigenvalue weighted by atomic mass is 19.4. The fourth-order valence-electron chi connectivity index (χ4n) is 3.20. The Kier molecular flexibility index (Phi) is 3.76. The highest BCUT2D eigenvalue weighted by Gasteiger charge is 2.38. The van der Waals surface area contributed by atoms with Crippen LogP contribution in [0.15, 0.2) is 12.1 Å². The van der Waals surface area contributed by atoms with Gasteiger partial charge in [-0.05, 0) is 41.5 Å². The van der Waals surface area contributed by atoms with Crippen molar-refractivity contribution in [2.24, 2.45) is 0 Å². The van der Waals surface area contributed by atoms with Crippen molar-refractivity contribution in [3.05, 3.63) is 34.4 Å². The summed E-state index contributed by atoms with van der Waals surface area (Å²) in [5.41, 5.74) is 0.773. The third kappa shape index (κ3) is 2.77. The SMILES string of the molecule is O=C(O)N1Cc2cc(C3CCOCC3)c(C(F)(F)F)cc2C1. The van der Waals surface area contributed by atoms with Crippen LogP contribution >= 0.6 is 0 Å². The number of hydrogen-bond acceptors (Lipinski definition) is 2. The Morgan fingerprint density at radius 1 is 1.18 bits per heavy atom. The van der Waals surface area contributed by atoms with Crippen molar-refractivity contribution in [2.45, 2.75) is 38.0 Å². The van der Waals surface area contributed by atoms with Crippen molar-refractivity contribution < 1.29 is 27.8 Å². The molecular formula is C15H16F3NO3. The predicted octanol–water partition coefficient (Wildman–Crippen LogP) is 3.59. The number of carbonyl (C=O) groups is 1. The van der Waals surface area contributed by atoms with E-state index in [-0.39, 0.29) is 24.6 Å². The lowest BCUT2D eigenvalue weighted by molar-refractivity contribution is -0.138. The van der Waals surface area contributed by atoms with Gasteiger partial charge in [0.25, 0.3) is 0 Å². The summed E-state index contributed by atoms with van der Waals surface area (Å²) in [6.45, 7) is 1.08. The van der Waals surface area contributed by atoms with Gasteiger partial charge in [0.1, 0.15) is 0 Å². The minimum Gasteiger partial charge on any atom is -0.465 e. The summed E-state index contributed by atoms with van der Waals surface area (Å²) in [6, 6.07) is 2.68. The van der Waals surface area contributed by atoms with Gasteiger partial charge in [-0.1, -0.05) is 6.07 Å². The molecule has 2 heterocycles. The first-order valence-corrected chi connectivity index (χ1v) is 7.15. The van der Waals surface area contributed by atoms with Gasteiger partial charge in [-0.2, -0.15) is 13.2 Å². The van der Waals surface area contributed by atoms with E-state index in [0.29, 0.717) is 37.2 Å². The highest BCUT2D eigenvalue weighted by Crippen LogP contribution is 2.41. The van der Waals surface area contributed by atoms with Crippen LogP contribution < -0.4 is 0 Å². The van der Waals surface area contributed by atoms with Crippen molar-refractivity contribution >= 4 is 6.09 Å². The minimum absolute atomic E-state index is 0.0157. The first-order valence-electron chi connectivity index (χ1n) is 7.15. The summed E-state index contributed by atoms with van der Waals surface area (Å²) in [5, 5.41) is 9.02. The third-order valence-electron chi connectivity index (χ3n) is 4.33. The van der Waals surface area contributed by atoms with Gasteiger partial charge in [0.15, 0.2) is 0 Å². The Hall–Kier alpha value is -1.76. The zero-order chi connectivity index (χ0) is 15.9. The molecule has 7 heteroatoms. The maximum absolute atomic E-state index is 13.4. The Balaban J connectivity index is 2.01. The van der Waals surface area contributed by atoms with Crippen LogP contribution in [0.3, 0.4) is 0 Å². The first kappa shape index (κ1) is 15.1. The van der Waals surface area contributed by atoms with Gasteiger partial charge in [0.2, 0.25) is 0 Å². The summed E-state index contributed by atoms with van der Waals surface area (Å²) in [4.78, 5) is 12.1. The normalized spacial score (nSPS) is 19.3. The van der Waals surface area contributed by atoms with E-state index >= 15 is 0 Å². The van der Waals surface area contributed by atoms with Crippen LogP contribution in [0.25, 0.3) is 0 Å². The fraction of sp³-hybridized carbons (Fsp3) is 0.533. The first-order chi connectivity index (χ1) is 10.4. The molecule has 0 spiro atoms. The molecule has 0 unspecified atom stereocenters. The predicted molar refractivity (Wildman–Crippen MR) is 71.5 cm³/mol. The fourth-order valence-corrected chi connectivity index (χ4v) is 3.20. The molecule has 1 saturated heterocycles. The molecule has 22 heavy (non-hydrogen) atoms. The van der Waals surface area contributed by atoms with E-state index in [0.717, 1.165) is 11.0 Å². The molecule has 0 bridgehead atoms. The summed E-state index contributed by atoms with van der Waals surface area (Å²) >= 11 is 0. The number of ether oxygens (including phenoxy) is 1. The van der Waals surface area contributed by atoms with E-state index in [1.165, 1.54) is 0 Å². The largest absolute Gasteiger partial charge is 0.465 e. The molecule has 0 aromatic heterocycles. The zero-order valence-corrected chi connectivity index (χ0v) is 11.8. The molecule has 1 aromatic carbocycles. The van der Waals surface area contributed by atoms with Gasteiger partial charge in [-0.3, -0.25) is 4.90 Å². The van der Waals surface area contributed by atoms with Gasteiger partial charge in [0.05, 0.1) is 5.56 Å². The van der Waals surface area contributed by atoms with E-state index in [2.05, 4.69) is 0 Å². The molecule has 1 N–H and O–H groups in total. The molecule has 1 aromatic rings. The lowest BCUT2D eigenvalue weighted by atomic mass is 9.86. The second-order valence-electron chi connectivity index (χ2n) is 5.73. The van der Waals surface area contributed by atoms with Crippen molar-refractivity contribution in [1.82, 2.24) is 4.90 Å². The molecule has 2 aliphatic heterocycles. The lowest BCUT2D eigenvalue weighted by Crippen LogP contribution is -2.22. The van der Waals surface area contributed by atoms with Crippen LogP contribution in [-0.2, 0) is 24.0 Å². The number of nitrogens with zero attached hydrogens (tertiary/aromatic N) is 1. The number of hydrogen-bond donors (Lipinski definition) is 1. The Morgan fingerprint density at radius 3 is 2.32 bits per heavy atom. The Labute approximate surface area is 125 Å². The molecule has 0 atom stereocenters. The molecule has 3 rings (SSSR count). The Bertz CT molecular complexity index is 594. The van der Waals surface area contributed by atoms with E-state index in [1.807, 2.05) is 0 Å². The van der Waals surface area contributed by atoms with E-state index < -0.39 is 17.8 Å². The molecule has 120 valence electrons. The maximum atomic E-state index is 13.4. The lowest BCUT2D eigenvalue weighted by Gasteiger charge is -2.26. The molecule has 4 nitrogen and oxygen atoms in total. The minimum atomic E-state index is -4.43. The van der Waals surface area contributed by atoms with E-state index in [1.54, 1.807) is 6.07 Å². The standard InChI is InChI=1S/C15H16F3NO3/c16-15(17,18)13-6-11-8-19(14(20)21)7-10(11)5-12(13)9-1-3-22-4-2-9/h5-6,9H,1-4,7-8H2,(H,20,21). The van der Waals surface area contributed by atoms with Gasteiger partial charge >= 0.3 is 12.3 Å². The van der Waals surface area contributed by atoms with Crippen LogP contribution in [0.5, 0.6) is 0 Å². The number of benzene rings is 1. The van der Waals surface area contributed by atoms with Crippen LogP contribution in [0.1, 0.15) is 41.0 Å². The van der Waals surface area contributed by atoms with Crippen molar-refractivity contribution in [1.29, 1.82) is 0 Å². The summed E-state index contributed by atoms with van der Waals surface area (Å²) in [5.74, 6) is -0.186. The second kappa shape index (κ2) is 5.46.